The van der Waals surface area contributed by atoms with E-state index < -0.39 is 11.4 Å². The molecule has 0 unspecified atom stereocenters. The minimum atomic E-state index is -1.28. The molecule has 1 heterocycles. The predicted molar refractivity (Wildman–Crippen MR) is 68.3 cm³/mol. The number of nitrogens with zero attached hydrogens (tertiary/aromatic N) is 3. The molecule has 1 aromatic rings. The monoisotopic (exact) mass is 255 g/mol. The molecule has 1 fully saturated rings. The number of nitriles is 2. The van der Waals surface area contributed by atoms with E-state index in [1.165, 1.54) is 0 Å². The maximum Gasteiger partial charge on any atom is 0.324 e. The zero-order valence-corrected chi connectivity index (χ0v) is 10.3. The molecule has 96 valence electrons. The Bertz CT molecular complexity index is 575. The summed E-state index contributed by atoms with van der Waals surface area (Å²) in [5, 5.41) is 27.3. The molecule has 1 aliphatic heterocycles. The van der Waals surface area contributed by atoms with Crippen LogP contribution in [0.1, 0.15) is 18.4 Å². The number of benzene rings is 1. The molecule has 1 aromatic carbocycles. The summed E-state index contributed by atoms with van der Waals surface area (Å²) >= 11 is 0. The standard InChI is InChI=1S/C14H13N3O2/c15-9-11-3-1-2-4-12(11)17-7-5-14(10-16,6-8-17)13(18)19/h1-4H,5-8H2,(H,18,19). The van der Waals surface area contributed by atoms with Crippen LogP contribution in [0.3, 0.4) is 0 Å². The van der Waals surface area contributed by atoms with Crippen molar-refractivity contribution in [2.24, 2.45) is 5.41 Å². The second kappa shape index (κ2) is 4.99. The van der Waals surface area contributed by atoms with E-state index in [9.17, 15) is 4.79 Å². The van der Waals surface area contributed by atoms with E-state index >= 15 is 0 Å². The quantitative estimate of drug-likeness (QED) is 0.869. The number of carboxylic acids is 1. The molecule has 0 aromatic heterocycles. The second-order valence-corrected chi connectivity index (χ2v) is 4.62. The number of hydrogen-bond donors (Lipinski definition) is 1. The van der Waals surface area contributed by atoms with Crippen LogP contribution < -0.4 is 4.90 Å². The molecule has 1 N–H and O–H groups in total. The Balaban J connectivity index is 2.19. The molecule has 5 nitrogen and oxygen atoms in total. The van der Waals surface area contributed by atoms with Gasteiger partial charge < -0.3 is 10.0 Å². The van der Waals surface area contributed by atoms with Gasteiger partial charge in [-0.15, -0.1) is 0 Å². The molecule has 1 saturated heterocycles. The first-order chi connectivity index (χ1) is 9.13. The molecule has 0 radical (unpaired) electrons. The molecule has 0 bridgehead atoms. The Kier molecular flexibility index (Phi) is 3.39. The van der Waals surface area contributed by atoms with Gasteiger partial charge in [0.25, 0.3) is 0 Å². The fraction of sp³-hybridized carbons (Fsp3) is 0.357. The maximum atomic E-state index is 11.2. The normalized spacial score (nSPS) is 17.3. The summed E-state index contributed by atoms with van der Waals surface area (Å²) in [6.45, 7) is 0.942. The van der Waals surface area contributed by atoms with Crippen molar-refractivity contribution in [2.75, 3.05) is 18.0 Å². The Hall–Kier alpha value is -2.53. The van der Waals surface area contributed by atoms with Crippen molar-refractivity contribution in [3.63, 3.8) is 0 Å². The van der Waals surface area contributed by atoms with Gasteiger partial charge in [0.1, 0.15) is 6.07 Å². The molecule has 0 saturated carbocycles. The predicted octanol–water partition coefficient (Wildman–Crippen LogP) is 1.75. The summed E-state index contributed by atoms with van der Waals surface area (Å²) in [5.74, 6) is -1.05. The summed E-state index contributed by atoms with van der Waals surface area (Å²) in [6, 6.07) is 11.3. The number of carbonyl (C=O) groups is 1. The third-order valence-electron chi connectivity index (χ3n) is 3.61. The molecule has 2 rings (SSSR count). The molecule has 5 heteroatoms. The zero-order chi connectivity index (χ0) is 13.9. The van der Waals surface area contributed by atoms with Crippen LogP contribution in [0.5, 0.6) is 0 Å². The number of anilines is 1. The highest BCUT2D eigenvalue weighted by molar-refractivity contribution is 5.78. The van der Waals surface area contributed by atoms with Crippen molar-refractivity contribution in [3.8, 4) is 12.1 Å². The van der Waals surface area contributed by atoms with Crippen LogP contribution in [0.2, 0.25) is 0 Å². The Labute approximate surface area is 111 Å². The fourth-order valence-electron chi connectivity index (χ4n) is 2.35. The number of para-hydroxylation sites is 1. The van der Waals surface area contributed by atoms with Gasteiger partial charge in [-0.1, -0.05) is 12.1 Å². The lowest BCUT2D eigenvalue weighted by atomic mass is 9.79. The van der Waals surface area contributed by atoms with Gasteiger partial charge in [-0.2, -0.15) is 10.5 Å². The lowest BCUT2D eigenvalue weighted by molar-refractivity contribution is -0.146. The summed E-state index contributed by atoms with van der Waals surface area (Å²) in [5.41, 5.74) is 0.0992. The number of rotatable bonds is 2. The lowest BCUT2D eigenvalue weighted by Crippen LogP contribution is -2.43. The molecule has 0 amide bonds. The first-order valence-electron chi connectivity index (χ1n) is 6.02. The Morgan fingerprint density at radius 2 is 1.89 bits per heavy atom. The zero-order valence-electron chi connectivity index (χ0n) is 10.3. The van der Waals surface area contributed by atoms with E-state index in [1.54, 1.807) is 12.1 Å². The van der Waals surface area contributed by atoms with Crippen molar-refractivity contribution in [3.05, 3.63) is 29.8 Å². The first-order valence-corrected chi connectivity index (χ1v) is 6.02. The van der Waals surface area contributed by atoms with Crippen molar-refractivity contribution >= 4 is 11.7 Å². The largest absolute Gasteiger partial charge is 0.480 e. The van der Waals surface area contributed by atoms with E-state index in [4.69, 9.17) is 15.6 Å². The van der Waals surface area contributed by atoms with Gasteiger partial charge in [-0.25, -0.2) is 0 Å². The van der Waals surface area contributed by atoms with Crippen LogP contribution >= 0.6 is 0 Å². The number of piperidine rings is 1. The Morgan fingerprint density at radius 3 is 2.42 bits per heavy atom. The molecule has 0 aliphatic carbocycles. The fourth-order valence-corrected chi connectivity index (χ4v) is 2.35. The third-order valence-corrected chi connectivity index (χ3v) is 3.61. The van der Waals surface area contributed by atoms with Crippen LogP contribution in [0.25, 0.3) is 0 Å². The van der Waals surface area contributed by atoms with E-state index in [-0.39, 0.29) is 12.8 Å². The molecule has 19 heavy (non-hydrogen) atoms. The van der Waals surface area contributed by atoms with Crippen molar-refractivity contribution in [1.29, 1.82) is 10.5 Å². The summed E-state index contributed by atoms with van der Waals surface area (Å²) in [6.07, 6.45) is 0.553. The average Bonchev–Trinajstić information content (AvgIpc) is 2.47. The SMILES string of the molecule is N#Cc1ccccc1N1CCC(C#N)(C(=O)O)CC1. The molecule has 1 aliphatic rings. The smallest absolute Gasteiger partial charge is 0.324 e. The van der Waals surface area contributed by atoms with Crippen LogP contribution in [-0.4, -0.2) is 24.2 Å². The molecule has 0 atom stereocenters. The third kappa shape index (κ3) is 2.23. The number of carboxylic acid groups (broad SMARTS) is 1. The van der Waals surface area contributed by atoms with Gasteiger partial charge in [0.15, 0.2) is 5.41 Å². The molecular formula is C14H13N3O2. The van der Waals surface area contributed by atoms with Gasteiger partial charge in [-0.05, 0) is 25.0 Å². The maximum absolute atomic E-state index is 11.2. The van der Waals surface area contributed by atoms with E-state index in [1.807, 2.05) is 23.1 Å². The van der Waals surface area contributed by atoms with Gasteiger partial charge >= 0.3 is 5.97 Å². The van der Waals surface area contributed by atoms with E-state index in [2.05, 4.69) is 6.07 Å². The number of hydrogen-bond acceptors (Lipinski definition) is 4. The minimum absolute atomic E-state index is 0.276. The topological polar surface area (TPSA) is 88.1 Å². The van der Waals surface area contributed by atoms with E-state index in [0.717, 1.165) is 5.69 Å². The van der Waals surface area contributed by atoms with Crippen LogP contribution in [0, 0.1) is 28.1 Å². The molecule has 0 spiro atoms. The summed E-state index contributed by atoms with van der Waals surface area (Å²) in [7, 11) is 0. The summed E-state index contributed by atoms with van der Waals surface area (Å²) < 4.78 is 0. The highest BCUT2D eigenvalue weighted by Gasteiger charge is 2.42. The van der Waals surface area contributed by atoms with Crippen molar-refractivity contribution in [2.45, 2.75) is 12.8 Å². The minimum Gasteiger partial charge on any atom is -0.480 e. The van der Waals surface area contributed by atoms with Gasteiger partial charge in [-0.3, -0.25) is 4.79 Å². The second-order valence-electron chi connectivity index (χ2n) is 4.62. The Morgan fingerprint density at radius 1 is 1.26 bits per heavy atom. The highest BCUT2D eigenvalue weighted by atomic mass is 16.4. The van der Waals surface area contributed by atoms with Gasteiger partial charge in [0, 0.05) is 13.1 Å². The van der Waals surface area contributed by atoms with E-state index in [0.29, 0.717) is 18.7 Å². The van der Waals surface area contributed by atoms with Crippen LogP contribution in [-0.2, 0) is 4.79 Å². The average molecular weight is 255 g/mol. The van der Waals surface area contributed by atoms with Crippen molar-refractivity contribution in [1.82, 2.24) is 0 Å². The van der Waals surface area contributed by atoms with Crippen LogP contribution in [0.4, 0.5) is 5.69 Å². The number of aliphatic carboxylic acids is 1. The lowest BCUT2D eigenvalue weighted by Gasteiger charge is -2.36. The first kappa shape index (κ1) is 12.9. The van der Waals surface area contributed by atoms with Crippen LogP contribution in [0.15, 0.2) is 24.3 Å². The van der Waals surface area contributed by atoms with Crippen molar-refractivity contribution < 1.29 is 9.90 Å². The van der Waals surface area contributed by atoms with Gasteiger partial charge in [0.2, 0.25) is 0 Å². The van der Waals surface area contributed by atoms with Gasteiger partial charge in [0.05, 0.1) is 17.3 Å². The summed E-state index contributed by atoms with van der Waals surface area (Å²) in [4.78, 5) is 13.1. The highest BCUT2D eigenvalue weighted by Crippen LogP contribution is 2.34. The molecular weight excluding hydrogens is 242 g/mol.